The molecule has 20 nitrogen and oxygen atoms in total. The van der Waals surface area contributed by atoms with Crippen LogP contribution in [0.1, 0.15) is 115 Å². The van der Waals surface area contributed by atoms with Gasteiger partial charge in [0.05, 0.1) is 36.9 Å². The molecule has 20 heteroatoms. The molecule has 2 aliphatic rings. The molecule has 0 aliphatic carbocycles. The molecule has 1 aromatic carbocycles. The molecule has 12 atom stereocenters. The standard InChI is InChI=1S/C42H68N4O16/c1-2-3-4-5-6-7-8-9-10-11-12-13-16-19-29(49)27(43-32(50)20-17-14-15-18-26-21-22-28(46(56)57)34-33(26)44-62-45-34)25-58-41-39(55)37(53)40(31(24-48)60-41)61-42-38(54)36(52)35(51)30(23-47)59-42/h16,19,21-22,27,29-31,35-42,47-49,51-55H,2-15,17-18,20,23-25H2,1H3,(H,43,50)/b19-16+/t27-,29+,30+,31+,35-,36-,37+,38+,39+,40+,41+,42-/m0/s1. The molecule has 0 bridgehead atoms. The van der Waals surface area contributed by atoms with Gasteiger partial charge in [0.1, 0.15) is 54.3 Å². The van der Waals surface area contributed by atoms with Gasteiger partial charge in [-0.15, -0.1) is 0 Å². The van der Waals surface area contributed by atoms with E-state index in [4.69, 9.17) is 23.6 Å². The van der Waals surface area contributed by atoms with Crippen LogP contribution in [0.4, 0.5) is 5.69 Å². The maximum Gasteiger partial charge on any atom is 0.300 e. The monoisotopic (exact) mass is 884 g/mol. The van der Waals surface area contributed by atoms with E-state index in [2.05, 4.69) is 22.6 Å². The predicted molar refractivity (Wildman–Crippen MR) is 221 cm³/mol. The van der Waals surface area contributed by atoms with Crippen molar-refractivity contribution in [3.8, 4) is 0 Å². The van der Waals surface area contributed by atoms with Gasteiger partial charge in [0.25, 0.3) is 0 Å². The van der Waals surface area contributed by atoms with Crippen molar-refractivity contribution in [1.29, 1.82) is 0 Å². The summed E-state index contributed by atoms with van der Waals surface area (Å²) in [5.41, 5.74) is 0.904. The Morgan fingerprint density at radius 2 is 1.42 bits per heavy atom. The van der Waals surface area contributed by atoms with E-state index in [1.54, 1.807) is 12.1 Å². The molecule has 3 heterocycles. The molecule has 2 fully saturated rings. The fourth-order valence-electron chi connectivity index (χ4n) is 7.72. The van der Waals surface area contributed by atoms with Crippen molar-refractivity contribution in [1.82, 2.24) is 15.6 Å². The first-order valence-electron chi connectivity index (χ1n) is 22.1. The van der Waals surface area contributed by atoms with Crippen LogP contribution in [0.15, 0.2) is 28.9 Å². The van der Waals surface area contributed by atoms with Crippen LogP contribution < -0.4 is 5.32 Å². The third kappa shape index (κ3) is 15.2. The van der Waals surface area contributed by atoms with Crippen LogP contribution in [-0.4, -0.2) is 155 Å². The number of aryl methyl sites for hydroxylation is 1. The number of non-ortho nitro benzene ring substituents is 1. The van der Waals surface area contributed by atoms with Crippen LogP contribution >= 0.6 is 0 Å². The van der Waals surface area contributed by atoms with Gasteiger partial charge in [-0.05, 0) is 54.0 Å². The van der Waals surface area contributed by atoms with Crippen LogP contribution in [0.2, 0.25) is 0 Å². The number of fused-ring (bicyclic) bond motifs is 1. The van der Waals surface area contributed by atoms with Crippen LogP contribution in [0.25, 0.3) is 11.0 Å². The smallest absolute Gasteiger partial charge is 0.300 e. The number of nitrogens with one attached hydrogen (secondary N) is 1. The topological polar surface area (TPSA) is 310 Å². The average Bonchev–Trinajstić information content (AvgIpc) is 3.76. The Labute approximate surface area is 361 Å². The van der Waals surface area contributed by atoms with E-state index in [-0.39, 0.29) is 30.1 Å². The van der Waals surface area contributed by atoms with Gasteiger partial charge in [-0.3, -0.25) is 14.9 Å². The summed E-state index contributed by atoms with van der Waals surface area (Å²) in [6.07, 6.45) is 2.14. The van der Waals surface area contributed by atoms with E-state index in [9.17, 15) is 55.8 Å². The molecule has 0 spiro atoms. The Kier molecular flexibility index (Phi) is 22.5. The lowest BCUT2D eigenvalue weighted by Crippen LogP contribution is -2.65. The van der Waals surface area contributed by atoms with Gasteiger partial charge in [0.2, 0.25) is 11.4 Å². The summed E-state index contributed by atoms with van der Waals surface area (Å²) in [7, 11) is 0. The van der Waals surface area contributed by atoms with E-state index in [0.29, 0.717) is 37.6 Å². The number of nitro groups is 1. The normalized spacial score (nSPS) is 27.8. The molecule has 0 saturated carbocycles. The van der Waals surface area contributed by atoms with Crippen LogP contribution in [-0.2, 0) is 30.2 Å². The van der Waals surface area contributed by atoms with Gasteiger partial charge in [0, 0.05) is 12.5 Å². The molecule has 2 aromatic rings. The number of aliphatic hydroxyl groups excluding tert-OH is 8. The lowest BCUT2D eigenvalue weighted by atomic mass is 9.97. The lowest BCUT2D eigenvalue weighted by Gasteiger charge is -2.46. The molecular weight excluding hydrogens is 816 g/mol. The first-order chi connectivity index (χ1) is 29.9. The number of hydrogen-bond donors (Lipinski definition) is 9. The summed E-state index contributed by atoms with van der Waals surface area (Å²) < 4.78 is 27.3. The predicted octanol–water partition coefficient (Wildman–Crippen LogP) is 1.98. The average molecular weight is 885 g/mol. The first kappa shape index (κ1) is 51.4. The van der Waals surface area contributed by atoms with Crippen LogP contribution in [0, 0.1) is 10.1 Å². The number of benzene rings is 1. The summed E-state index contributed by atoms with van der Waals surface area (Å²) in [6, 6.07) is 1.94. The maximum atomic E-state index is 13.2. The van der Waals surface area contributed by atoms with E-state index in [1.807, 2.05) is 6.08 Å². The fraction of sp³-hybridized carbons (Fsp3) is 0.786. The number of allylic oxidation sites excluding steroid dienone is 1. The zero-order valence-corrected chi connectivity index (χ0v) is 35.6. The molecule has 0 radical (unpaired) electrons. The molecule has 62 heavy (non-hydrogen) atoms. The Hall–Kier alpha value is -3.25. The number of aliphatic hydroxyl groups is 8. The summed E-state index contributed by atoms with van der Waals surface area (Å²) in [4.78, 5) is 23.9. The van der Waals surface area contributed by atoms with Crippen molar-refractivity contribution in [3.05, 3.63) is 40.0 Å². The SMILES string of the molecule is CCCCCCCCCCCCC/C=C/[C@@H](O)[C@H](CO[C@@H]1O[C@H](CO)[C@@H](O[C@@H]2O[C@H](CO)[C@H](O)[C@H](O)[C@H]2O)[C@H](O)[C@H]1O)NC(=O)CCCCCc1ccc([N+](=O)[O-])c2nonc12. The first-order valence-corrected chi connectivity index (χ1v) is 22.1. The number of aromatic nitrogens is 2. The molecule has 1 amide bonds. The molecular formula is C42H68N4O16. The minimum atomic E-state index is -1.82. The highest BCUT2D eigenvalue weighted by Crippen LogP contribution is 2.30. The molecule has 2 saturated heterocycles. The number of unbranched alkanes of at least 4 members (excludes halogenated alkanes) is 13. The van der Waals surface area contributed by atoms with Gasteiger partial charge < -0.3 is 65.1 Å². The molecule has 1 aromatic heterocycles. The molecule has 9 N–H and O–H groups in total. The second kappa shape index (κ2) is 27.2. The summed E-state index contributed by atoms with van der Waals surface area (Å²) in [5, 5.41) is 105. The lowest BCUT2D eigenvalue weighted by molar-refractivity contribution is -0.383. The van der Waals surface area contributed by atoms with E-state index in [1.165, 1.54) is 57.4 Å². The van der Waals surface area contributed by atoms with Crippen molar-refractivity contribution in [2.75, 3.05) is 19.8 Å². The summed E-state index contributed by atoms with van der Waals surface area (Å²) in [6.45, 7) is 0.334. The quantitative estimate of drug-likeness (QED) is 0.0244. The van der Waals surface area contributed by atoms with Gasteiger partial charge in [-0.1, -0.05) is 89.7 Å². The Morgan fingerprint density at radius 3 is 2.08 bits per heavy atom. The highest BCUT2D eigenvalue weighted by Gasteiger charge is 2.51. The number of hydrogen-bond acceptors (Lipinski definition) is 18. The minimum absolute atomic E-state index is 0.0697. The number of carbonyl (C=O) groups is 1. The Balaban J connectivity index is 1.30. The molecule has 2 aliphatic heterocycles. The number of carbonyl (C=O) groups excluding carboxylic acids is 1. The second-order valence-corrected chi connectivity index (χ2v) is 16.3. The minimum Gasteiger partial charge on any atom is -0.394 e. The highest BCUT2D eigenvalue weighted by atomic mass is 16.7. The molecule has 0 unspecified atom stereocenters. The Morgan fingerprint density at radius 1 is 0.806 bits per heavy atom. The van der Waals surface area contributed by atoms with Gasteiger partial charge in [-0.25, -0.2) is 4.63 Å². The van der Waals surface area contributed by atoms with Gasteiger partial charge in [0.15, 0.2) is 12.6 Å². The van der Waals surface area contributed by atoms with Crippen molar-refractivity contribution in [2.45, 2.75) is 190 Å². The molecule has 4 rings (SSSR count). The zero-order chi connectivity index (χ0) is 45.0. The van der Waals surface area contributed by atoms with Crippen LogP contribution in [0.3, 0.4) is 0 Å². The number of nitrogens with zero attached hydrogens (tertiary/aromatic N) is 3. The maximum absolute atomic E-state index is 13.2. The van der Waals surface area contributed by atoms with Crippen LogP contribution in [0.5, 0.6) is 0 Å². The fourth-order valence-corrected chi connectivity index (χ4v) is 7.72. The van der Waals surface area contributed by atoms with Crippen molar-refractivity contribution < 1.29 is 74.1 Å². The number of rotatable bonds is 29. The second-order valence-electron chi connectivity index (χ2n) is 16.3. The number of amides is 1. The van der Waals surface area contributed by atoms with Crippen molar-refractivity contribution in [3.63, 3.8) is 0 Å². The summed E-state index contributed by atoms with van der Waals surface area (Å²) >= 11 is 0. The zero-order valence-electron chi connectivity index (χ0n) is 35.6. The third-order valence-electron chi connectivity index (χ3n) is 11.5. The highest BCUT2D eigenvalue weighted by molar-refractivity contribution is 5.85. The van der Waals surface area contributed by atoms with E-state index in [0.717, 1.165) is 24.8 Å². The van der Waals surface area contributed by atoms with Gasteiger partial charge in [-0.2, -0.15) is 0 Å². The van der Waals surface area contributed by atoms with Crippen molar-refractivity contribution in [2.24, 2.45) is 0 Å². The number of nitro benzene ring substituents is 1. The third-order valence-corrected chi connectivity index (χ3v) is 11.5. The van der Waals surface area contributed by atoms with Gasteiger partial charge >= 0.3 is 5.69 Å². The summed E-state index contributed by atoms with van der Waals surface area (Å²) in [5.74, 6) is -0.388. The van der Waals surface area contributed by atoms with Crippen molar-refractivity contribution >= 4 is 22.6 Å². The largest absolute Gasteiger partial charge is 0.394 e. The van der Waals surface area contributed by atoms with E-state index >= 15 is 0 Å². The molecule has 352 valence electrons. The number of ether oxygens (including phenoxy) is 4. The van der Waals surface area contributed by atoms with E-state index < -0.39 is 91.7 Å². The Bertz CT molecular complexity index is 1630.